The van der Waals surface area contributed by atoms with Crippen molar-refractivity contribution in [1.82, 2.24) is 9.97 Å². The molecular weight excluding hydrogens is 328 g/mol. The normalized spacial score (nSPS) is 22.3. The molecule has 0 radical (unpaired) electrons. The SMILES string of the molecule is Nc1nc(NCc2ccc(N3CCCC3=O)cc2)cc(C2CC(N)C2)n1. The molecule has 1 saturated carbocycles. The van der Waals surface area contributed by atoms with Crippen molar-refractivity contribution in [3.05, 3.63) is 41.6 Å². The summed E-state index contributed by atoms with van der Waals surface area (Å²) in [5, 5.41) is 3.31. The minimum Gasteiger partial charge on any atom is -0.368 e. The lowest BCUT2D eigenvalue weighted by atomic mass is 9.78. The number of amides is 1. The molecule has 26 heavy (non-hydrogen) atoms. The summed E-state index contributed by atoms with van der Waals surface area (Å²) in [6.45, 7) is 1.44. The number of hydrogen-bond acceptors (Lipinski definition) is 6. The number of nitrogens with two attached hydrogens (primary N) is 2. The summed E-state index contributed by atoms with van der Waals surface area (Å²) in [4.78, 5) is 22.3. The highest BCUT2D eigenvalue weighted by Crippen LogP contribution is 2.35. The van der Waals surface area contributed by atoms with Crippen molar-refractivity contribution in [3.8, 4) is 0 Å². The molecule has 136 valence electrons. The molecule has 1 aromatic carbocycles. The van der Waals surface area contributed by atoms with Gasteiger partial charge in [-0.2, -0.15) is 4.98 Å². The summed E-state index contributed by atoms with van der Waals surface area (Å²) >= 11 is 0. The van der Waals surface area contributed by atoms with Crippen LogP contribution < -0.4 is 21.7 Å². The summed E-state index contributed by atoms with van der Waals surface area (Å²) < 4.78 is 0. The number of benzene rings is 1. The molecule has 1 aliphatic heterocycles. The second kappa shape index (κ2) is 6.92. The van der Waals surface area contributed by atoms with E-state index in [0.29, 0.717) is 18.9 Å². The van der Waals surface area contributed by atoms with Crippen LogP contribution >= 0.6 is 0 Å². The largest absolute Gasteiger partial charge is 0.368 e. The smallest absolute Gasteiger partial charge is 0.227 e. The summed E-state index contributed by atoms with van der Waals surface area (Å²) in [6.07, 6.45) is 3.48. The average molecular weight is 352 g/mol. The molecule has 2 aromatic rings. The zero-order chi connectivity index (χ0) is 18.1. The summed E-state index contributed by atoms with van der Waals surface area (Å²) in [5.74, 6) is 1.60. The Morgan fingerprint density at radius 1 is 1.19 bits per heavy atom. The van der Waals surface area contributed by atoms with Crippen LogP contribution in [0, 0.1) is 0 Å². The molecule has 4 rings (SSSR count). The van der Waals surface area contributed by atoms with Gasteiger partial charge in [-0.15, -0.1) is 0 Å². The van der Waals surface area contributed by atoms with E-state index in [4.69, 9.17) is 11.5 Å². The van der Waals surface area contributed by atoms with Crippen LogP contribution in [0.1, 0.15) is 42.9 Å². The van der Waals surface area contributed by atoms with E-state index in [1.54, 1.807) is 0 Å². The third kappa shape index (κ3) is 3.48. The van der Waals surface area contributed by atoms with Gasteiger partial charge in [0, 0.05) is 43.2 Å². The maximum Gasteiger partial charge on any atom is 0.227 e. The summed E-state index contributed by atoms with van der Waals surface area (Å²) in [7, 11) is 0. The Balaban J connectivity index is 1.40. The monoisotopic (exact) mass is 352 g/mol. The predicted molar refractivity (Wildman–Crippen MR) is 102 cm³/mol. The van der Waals surface area contributed by atoms with E-state index in [1.165, 1.54) is 0 Å². The van der Waals surface area contributed by atoms with Gasteiger partial charge in [-0.3, -0.25) is 4.79 Å². The lowest BCUT2D eigenvalue weighted by Crippen LogP contribution is -2.35. The highest BCUT2D eigenvalue weighted by atomic mass is 16.2. The lowest BCUT2D eigenvalue weighted by molar-refractivity contribution is -0.117. The molecule has 7 nitrogen and oxygen atoms in total. The van der Waals surface area contributed by atoms with E-state index in [2.05, 4.69) is 15.3 Å². The molecule has 2 heterocycles. The van der Waals surface area contributed by atoms with Gasteiger partial charge in [0.2, 0.25) is 11.9 Å². The number of aromatic nitrogens is 2. The molecule has 0 atom stereocenters. The fourth-order valence-electron chi connectivity index (χ4n) is 3.60. The van der Waals surface area contributed by atoms with E-state index in [1.807, 2.05) is 35.2 Å². The number of nitrogens with zero attached hydrogens (tertiary/aromatic N) is 3. The Kier molecular flexibility index (Phi) is 4.46. The van der Waals surface area contributed by atoms with Crippen LogP contribution in [-0.4, -0.2) is 28.5 Å². The van der Waals surface area contributed by atoms with E-state index < -0.39 is 0 Å². The first kappa shape index (κ1) is 16.8. The Morgan fingerprint density at radius 3 is 2.62 bits per heavy atom. The molecule has 1 aromatic heterocycles. The zero-order valence-corrected chi connectivity index (χ0v) is 14.7. The van der Waals surface area contributed by atoms with Crippen molar-refractivity contribution in [2.24, 2.45) is 5.73 Å². The van der Waals surface area contributed by atoms with E-state index >= 15 is 0 Å². The third-order valence-electron chi connectivity index (χ3n) is 5.15. The standard InChI is InChI=1S/C19H24N6O/c20-14-8-13(9-14)16-10-17(24-19(21)23-16)22-11-12-3-5-15(6-4-12)25-7-1-2-18(25)26/h3-6,10,13-14H,1-2,7-9,11,20H2,(H3,21,22,23,24). The Bertz CT molecular complexity index is 800. The second-order valence-electron chi connectivity index (χ2n) is 7.13. The number of carbonyl (C=O) groups is 1. The fraction of sp³-hybridized carbons (Fsp3) is 0.421. The highest BCUT2D eigenvalue weighted by Gasteiger charge is 2.29. The van der Waals surface area contributed by atoms with Crippen LogP contribution in [0.15, 0.2) is 30.3 Å². The van der Waals surface area contributed by atoms with Gasteiger partial charge in [0.25, 0.3) is 0 Å². The molecule has 7 heteroatoms. The van der Waals surface area contributed by atoms with Gasteiger partial charge >= 0.3 is 0 Å². The number of nitrogens with one attached hydrogen (secondary N) is 1. The number of rotatable bonds is 5. The molecular formula is C19H24N6O. The second-order valence-corrected chi connectivity index (χ2v) is 7.13. The molecule has 1 amide bonds. The first-order chi connectivity index (χ1) is 12.6. The lowest BCUT2D eigenvalue weighted by Gasteiger charge is -2.32. The summed E-state index contributed by atoms with van der Waals surface area (Å²) in [6, 6.07) is 10.3. The Hall–Kier alpha value is -2.67. The maximum absolute atomic E-state index is 11.8. The quantitative estimate of drug-likeness (QED) is 0.759. The maximum atomic E-state index is 11.8. The fourth-order valence-corrected chi connectivity index (χ4v) is 3.60. The van der Waals surface area contributed by atoms with Crippen molar-refractivity contribution < 1.29 is 4.79 Å². The van der Waals surface area contributed by atoms with E-state index in [-0.39, 0.29) is 17.9 Å². The van der Waals surface area contributed by atoms with Crippen LogP contribution in [0.3, 0.4) is 0 Å². The van der Waals surface area contributed by atoms with Gasteiger partial charge in [-0.1, -0.05) is 12.1 Å². The van der Waals surface area contributed by atoms with Crippen molar-refractivity contribution in [2.75, 3.05) is 22.5 Å². The first-order valence-corrected chi connectivity index (χ1v) is 9.12. The minimum atomic E-state index is 0.204. The van der Waals surface area contributed by atoms with Gasteiger partial charge in [0.1, 0.15) is 5.82 Å². The van der Waals surface area contributed by atoms with Crippen LogP contribution in [0.4, 0.5) is 17.5 Å². The molecule has 2 fully saturated rings. The number of nitrogen functional groups attached to an aromatic ring is 1. The van der Waals surface area contributed by atoms with Crippen molar-refractivity contribution >= 4 is 23.4 Å². The predicted octanol–water partition coefficient (Wildman–Crippen LogP) is 2.00. The van der Waals surface area contributed by atoms with E-state index in [9.17, 15) is 4.79 Å². The molecule has 0 spiro atoms. The molecule has 5 N–H and O–H groups in total. The van der Waals surface area contributed by atoms with Crippen molar-refractivity contribution in [2.45, 2.75) is 44.2 Å². The van der Waals surface area contributed by atoms with Crippen LogP contribution in [0.2, 0.25) is 0 Å². The molecule has 1 saturated heterocycles. The first-order valence-electron chi connectivity index (χ1n) is 9.12. The number of carbonyl (C=O) groups excluding carboxylic acids is 1. The van der Waals surface area contributed by atoms with Gasteiger partial charge in [0.05, 0.1) is 5.69 Å². The molecule has 0 bridgehead atoms. The van der Waals surface area contributed by atoms with E-state index in [0.717, 1.165) is 48.6 Å². The minimum absolute atomic E-state index is 0.204. The number of anilines is 3. The van der Waals surface area contributed by atoms with Gasteiger partial charge in [-0.05, 0) is 37.0 Å². The van der Waals surface area contributed by atoms with Gasteiger partial charge < -0.3 is 21.7 Å². The van der Waals surface area contributed by atoms with Crippen molar-refractivity contribution in [3.63, 3.8) is 0 Å². The van der Waals surface area contributed by atoms with Crippen LogP contribution in [0.25, 0.3) is 0 Å². The molecule has 2 aliphatic rings. The summed E-state index contributed by atoms with van der Waals surface area (Å²) in [5.41, 5.74) is 14.8. The topological polar surface area (TPSA) is 110 Å². The van der Waals surface area contributed by atoms with Gasteiger partial charge in [0.15, 0.2) is 0 Å². The van der Waals surface area contributed by atoms with Crippen molar-refractivity contribution in [1.29, 1.82) is 0 Å². The average Bonchev–Trinajstić information content (AvgIpc) is 3.03. The Labute approximate surface area is 152 Å². The zero-order valence-electron chi connectivity index (χ0n) is 14.7. The van der Waals surface area contributed by atoms with Gasteiger partial charge in [-0.25, -0.2) is 4.98 Å². The third-order valence-corrected chi connectivity index (χ3v) is 5.15. The highest BCUT2D eigenvalue weighted by molar-refractivity contribution is 5.95. The van der Waals surface area contributed by atoms with Crippen LogP contribution in [-0.2, 0) is 11.3 Å². The molecule has 1 aliphatic carbocycles. The molecule has 0 unspecified atom stereocenters. The number of hydrogen-bond donors (Lipinski definition) is 3. The Morgan fingerprint density at radius 2 is 1.96 bits per heavy atom. The van der Waals surface area contributed by atoms with Crippen LogP contribution in [0.5, 0.6) is 0 Å².